The van der Waals surface area contributed by atoms with Crippen LogP contribution in [0.3, 0.4) is 0 Å². The molecule has 0 saturated carbocycles. The van der Waals surface area contributed by atoms with Gasteiger partial charge in [0, 0.05) is 32.4 Å². The van der Waals surface area contributed by atoms with E-state index in [1.54, 1.807) is 16.8 Å². The van der Waals surface area contributed by atoms with E-state index in [0.717, 1.165) is 32.2 Å². The van der Waals surface area contributed by atoms with Crippen LogP contribution < -0.4 is 5.73 Å². The van der Waals surface area contributed by atoms with Gasteiger partial charge in [-0.05, 0) is 31.7 Å². The molecule has 0 bridgehead atoms. The third-order valence-corrected chi connectivity index (χ3v) is 3.58. The minimum absolute atomic E-state index is 0.0506. The molecule has 1 fully saturated rings. The summed E-state index contributed by atoms with van der Waals surface area (Å²) in [5.74, 6) is 0.0506. The van der Waals surface area contributed by atoms with Gasteiger partial charge in [0.25, 0.3) is 5.91 Å². The topological polar surface area (TPSA) is 71.5 Å². The number of aliphatic hydroxyl groups is 1. The highest BCUT2D eigenvalue weighted by atomic mass is 16.3. The van der Waals surface area contributed by atoms with Gasteiger partial charge in [0.15, 0.2) is 0 Å². The highest BCUT2D eigenvalue weighted by molar-refractivity contribution is 5.94. The van der Waals surface area contributed by atoms with Crippen molar-refractivity contribution in [3.8, 4) is 0 Å². The fraction of sp³-hybridized carbons (Fsp3) is 0.615. The second-order valence-electron chi connectivity index (χ2n) is 4.93. The number of nitrogens with zero attached hydrogens (tertiary/aromatic N) is 2. The number of anilines is 1. The van der Waals surface area contributed by atoms with Gasteiger partial charge in [0.2, 0.25) is 0 Å². The number of rotatable bonds is 4. The second-order valence-corrected chi connectivity index (χ2v) is 4.93. The maximum Gasteiger partial charge on any atom is 0.270 e. The van der Waals surface area contributed by atoms with Gasteiger partial charge in [-0.1, -0.05) is 0 Å². The molecule has 1 saturated heterocycles. The molecule has 1 unspecified atom stereocenters. The lowest BCUT2D eigenvalue weighted by Gasteiger charge is -2.24. The average molecular weight is 251 g/mol. The summed E-state index contributed by atoms with van der Waals surface area (Å²) in [6.45, 7) is 0.996. The fourth-order valence-electron chi connectivity index (χ4n) is 2.68. The molecule has 1 aromatic heterocycles. The van der Waals surface area contributed by atoms with Crippen LogP contribution in [0.25, 0.3) is 0 Å². The Morgan fingerprint density at radius 3 is 3.00 bits per heavy atom. The largest absolute Gasteiger partial charge is 0.397 e. The number of nitrogens with two attached hydrogens (primary N) is 1. The zero-order valence-electron chi connectivity index (χ0n) is 10.8. The molecular formula is C13H21N3O2. The quantitative estimate of drug-likeness (QED) is 0.838. The van der Waals surface area contributed by atoms with E-state index in [2.05, 4.69) is 0 Å². The molecule has 0 spiro atoms. The molecule has 1 atom stereocenters. The maximum absolute atomic E-state index is 12.4. The first-order chi connectivity index (χ1) is 8.63. The first kappa shape index (κ1) is 13.0. The third-order valence-electron chi connectivity index (χ3n) is 3.58. The number of aryl methyl sites for hydroxylation is 1. The van der Waals surface area contributed by atoms with Gasteiger partial charge in [-0.25, -0.2) is 0 Å². The maximum atomic E-state index is 12.4. The molecule has 100 valence electrons. The van der Waals surface area contributed by atoms with Crippen molar-refractivity contribution >= 4 is 11.6 Å². The van der Waals surface area contributed by atoms with Crippen LogP contribution in [0.5, 0.6) is 0 Å². The SMILES string of the molecule is Cn1cc(N)cc1C(=O)N1CCCC1CCCO. The van der Waals surface area contributed by atoms with Crippen molar-refractivity contribution in [1.82, 2.24) is 9.47 Å². The molecule has 3 N–H and O–H groups in total. The van der Waals surface area contributed by atoms with Gasteiger partial charge in [-0.2, -0.15) is 0 Å². The van der Waals surface area contributed by atoms with Crippen molar-refractivity contribution in [2.75, 3.05) is 18.9 Å². The molecule has 5 heteroatoms. The van der Waals surface area contributed by atoms with Gasteiger partial charge < -0.3 is 20.3 Å². The van der Waals surface area contributed by atoms with Crippen LogP contribution >= 0.6 is 0 Å². The normalized spacial score (nSPS) is 19.4. The highest BCUT2D eigenvalue weighted by Gasteiger charge is 2.30. The number of aromatic nitrogens is 1. The van der Waals surface area contributed by atoms with E-state index in [0.29, 0.717) is 11.4 Å². The van der Waals surface area contributed by atoms with Crippen molar-refractivity contribution in [1.29, 1.82) is 0 Å². The molecule has 0 aromatic carbocycles. The average Bonchev–Trinajstić information content (AvgIpc) is 2.92. The first-order valence-electron chi connectivity index (χ1n) is 6.47. The minimum atomic E-state index is 0.0506. The Labute approximate surface area is 107 Å². The molecule has 1 aliphatic heterocycles. The molecule has 1 amide bonds. The van der Waals surface area contributed by atoms with Gasteiger partial charge in [0.1, 0.15) is 5.69 Å². The van der Waals surface area contributed by atoms with Gasteiger partial charge in [-0.15, -0.1) is 0 Å². The number of carbonyl (C=O) groups is 1. The Hall–Kier alpha value is -1.49. The molecule has 0 radical (unpaired) electrons. The van der Waals surface area contributed by atoms with Crippen LogP contribution in [0, 0.1) is 0 Å². The molecule has 1 aromatic rings. The Morgan fingerprint density at radius 1 is 1.61 bits per heavy atom. The molecule has 0 aliphatic carbocycles. The fourth-order valence-corrected chi connectivity index (χ4v) is 2.68. The second kappa shape index (κ2) is 5.44. The zero-order chi connectivity index (χ0) is 13.1. The molecular weight excluding hydrogens is 230 g/mol. The predicted octanol–water partition coefficient (Wildman–Crippen LogP) is 0.984. The van der Waals surface area contributed by atoms with Gasteiger partial charge >= 0.3 is 0 Å². The Morgan fingerprint density at radius 2 is 2.39 bits per heavy atom. The van der Waals surface area contributed by atoms with Crippen LogP contribution in [0.2, 0.25) is 0 Å². The Balaban J connectivity index is 2.10. The monoisotopic (exact) mass is 251 g/mol. The summed E-state index contributed by atoms with van der Waals surface area (Å²) in [6.07, 6.45) is 5.46. The number of hydrogen-bond acceptors (Lipinski definition) is 3. The zero-order valence-corrected chi connectivity index (χ0v) is 10.8. The van der Waals surface area contributed by atoms with Crippen LogP contribution in [-0.4, -0.2) is 39.7 Å². The lowest BCUT2D eigenvalue weighted by molar-refractivity contribution is 0.0715. The summed E-state index contributed by atoms with van der Waals surface area (Å²) in [5, 5.41) is 8.89. The van der Waals surface area contributed by atoms with Crippen LogP contribution in [0.15, 0.2) is 12.3 Å². The lowest BCUT2D eigenvalue weighted by atomic mass is 10.1. The van der Waals surface area contributed by atoms with Gasteiger partial charge in [0.05, 0.1) is 5.69 Å². The van der Waals surface area contributed by atoms with E-state index in [1.807, 2.05) is 11.9 Å². The number of carbonyl (C=O) groups excluding carboxylic acids is 1. The van der Waals surface area contributed by atoms with E-state index >= 15 is 0 Å². The predicted molar refractivity (Wildman–Crippen MR) is 70.2 cm³/mol. The summed E-state index contributed by atoms with van der Waals surface area (Å²) in [5.41, 5.74) is 6.97. The molecule has 2 heterocycles. The minimum Gasteiger partial charge on any atom is -0.397 e. The third kappa shape index (κ3) is 2.51. The number of hydrogen-bond donors (Lipinski definition) is 2. The Kier molecular flexibility index (Phi) is 3.91. The van der Waals surface area contributed by atoms with Crippen molar-refractivity contribution < 1.29 is 9.90 Å². The standard InChI is InChI=1S/C13H21N3O2/c1-15-9-10(14)8-12(15)13(18)16-6-2-4-11(16)5-3-7-17/h8-9,11,17H,2-7,14H2,1H3. The summed E-state index contributed by atoms with van der Waals surface area (Å²) in [4.78, 5) is 14.4. The summed E-state index contributed by atoms with van der Waals surface area (Å²) >= 11 is 0. The summed E-state index contributed by atoms with van der Waals surface area (Å²) in [7, 11) is 1.84. The number of likely N-dealkylation sites (tertiary alicyclic amines) is 1. The van der Waals surface area contributed by atoms with Gasteiger partial charge in [-0.3, -0.25) is 4.79 Å². The smallest absolute Gasteiger partial charge is 0.270 e. The number of nitrogen functional groups attached to an aromatic ring is 1. The number of aliphatic hydroxyl groups excluding tert-OH is 1. The van der Waals surface area contributed by atoms with Crippen molar-refractivity contribution in [3.63, 3.8) is 0 Å². The van der Waals surface area contributed by atoms with Crippen LogP contribution in [0.1, 0.15) is 36.2 Å². The molecule has 2 rings (SSSR count). The molecule has 5 nitrogen and oxygen atoms in total. The highest BCUT2D eigenvalue weighted by Crippen LogP contribution is 2.24. The van der Waals surface area contributed by atoms with E-state index in [4.69, 9.17) is 10.8 Å². The number of amides is 1. The van der Waals surface area contributed by atoms with E-state index < -0.39 is 0 Å². The lowest BCUT2D eigenvalue weighted by Crippen LogP contribution is -2.36. The van der Waals surface area contributed by atoms with Crippen LogP contribution in [0.4, 0.5) is 5.69 Å². The van der Waals surface area contributed by atoms with E-state index in [-0.39, 0.29) is 18.6 Å². The molecule has 18 heavy (non-hydrogen) atoms. The summed E-state index contributed by atoms with van der Waals surface area (Å²) < 4.78 is 1.78. The first-order valence-corrected chi connectivity index (χ1v) is 6.47. The van der Waals surface area contributed by atoms with Crippen molar-refractivity contribution in [3.05, 3.63) is 18.0 Å². The van der Waals surface area contributed by atoms with E-state index in [1.165, 1.54) is 0 Å². The van der Waals surface area contributed by atoms with Crippen molar-refractivity contribution in [2.24, 2.45) is 7.05 Å². The summed E-state index contributed by atoms with van der Waals surface area (Å²) in [6, 6.07) is 1.99. The van der Waals surface area contributed by atoms with Crippen LogP contribution in [-0.2, 0) is 7.05 Å². The van der Waals surface area contributed by atoms with E-state index in [9.17, 15) is 4.79 Å². The van der Waals surface area contributed by atoms with Crippen molar-refractivity contribution in [2.45, 2.75) is 31.7 Å². The Bertz CT molecular complexity index is 428. The molecule has 1 aliphatic rings.